The van der Waals surface area contributed by atoms with Gasteiger partial charge in [0.05, 0.1) is 17.6 Å². The topological polar surface area (TPSA) is 82.3 Å². The lowest BCUT2D eigenvalue weighted by molar-refractivity contribution is -0.385. The Balaban J connectivity index is 2.43. The number of methoxy groups -OCH3 is 1. The highest BCUT2D eigenvalue weighted by atomic mass is 16.6. The van der Waals surface area contributed by atoms with Crippen molar-refractivity contribution in [3.8, 4) is 11.1 Å². The van der Waals surface area contributed by atoms with Gasteiger partial charge >= 0.3 is 5.97 Å². The number of nitro groups is 1. The van der Waals surface area contributed by atoms with Gasteiger partial charge in [-0.25, -0.2) is 4.79 Å². The SMILES string of the molecule is COC(=O)c1ccc(-c2cc([N+](=O)[O-])cnc2C)cc1. The monoisotopic (exact) mass is 272 g/mol. The van der Waals surface area contributed by atoms with Crippen LogP contribution in [0.3, 0.4) is 0 Å². The molecule has 0 amide bonds. The van der Waals surface area contributed by atoms with Gasteiger partial charge in [-0.2, -0.15) is 0 Å². The number of hydrogen-bond donors (Lipinski definition) is 0. The van der Waals surface area contributed by atoms with E-state index < -0.39 is 10.9 Å². The molecule has 0 bridgehead atoms. The van der Waals surface area contributed by atoms with Crippen LogP contribution >= 0.6 is 0 Å². The number of aryl methyl sites for hydroxylation is 1. The number of ether oxygens (including phenoxy) is 1. The van der Waals surface area contributed by atoms with Crippen LogP contribution in [0.5, 0.6) is 0 Å². The molecule has 0 N–H and O–H groups in total. The maximum absolute atomic E-state index is 11.3. The van der Waals surface area contributed by atoms with Gasteiger partial charge in [-0.1, -0.05) is 12.1 Å². The summed E-state index contributed by atoms with van der Waals surface area (Å²) in [5.41, 5.74) is 2.46. The Morgan fingerprint density at radius 3 is 2.50 bits per heavy atom. The van der Waals surface area contributed by atoms with Crippen molar-refractivity contribution in [1.82, 2.24) is 4.98 Å². The molecule has 0 unspecified atom stereocenters. The number of carbonyl (C=O) groups excluding carboxylic acids is 1. The standard InChI is InChI=1S/C14H12N2O4/c1-9-13(7-12(8-15-9)16(18)19)10-3-5-11(6-4-10)14(17)20-2/h3-8H,1-2H3. The minimum atomic E-state index is -0.487. The molecule has 102 valence electrons. The lowest BCUT2D eigenvalue weighted by Gasteiger charge is -2.06. The molecule has 0 radical (unpaired) electrons. The van der Waals surface area contributed by atoms with Gasteiger partial charge in [0.2, 0.25) is 0 Å². The summed E-state index contributed by atoms with van der Waals surface area (Å²) in [5.74, 6) is -0.426. The summed E-state index contributed by atoms with van der Waals surface area (Å²) in [6, 6.07) is 8.11. The van der Waals surface area contributed by atoms with E-state index in [-0.39, 0.29) is 5.69 Å². The van der Waals surface area contributed by atoms with Gasteiger partial charge in [0, 0.05) is 17.3 Å². The molecule has 0 saturated heterocycles. The van der Waals surface area contributed by atoms with E-state index in [2.05, 4.69) is 9.72 Å². The largest absolute Gasteiger partial charge is 0.465 e. The molecule has 0 spiro atoms. The molecule has 6 nitrogen and oxygen atoms in total. The van der Waals surface area contributed by atoms with Crippen molar-refractivity contribution in [3.63, 3.8) is 0 Å². The predicted molar refractivity (Wildman–Crippen MR) is 72.4 cm³/mol. The van der Waals surface area contributed by atoms with E-state index in [1.165, 1.54) is 19.4 Å². The van der Waals surface area contributed by atoms with Gasteiger partial charge in [-0.05, 0) is 24.6 Å². The zero-order chi connectivity index (χ0) is 14.7. The number of carbonyl (C=O) groups is 1. The number of rotatable bonds is 3. The fourth-order valence-electron chi connectivity index (χ4n) is 1.82. The second kappa shape index (κ2) is 5.48. The molecule has 0 saturated carbocycles. The van der Waals surface area contributed by atoms with Crippen LogP contribution in [-0.2, 0) is 4.74 Å². The predicted octanol–water partition coefficient (Wildman–Crippen LogP) is 2.75. The average molecular weight is 272 g/mol. The quantitative estimate of drug-likeness (QED) is 0.487. The number of hydrogen-bond acceptors (Lipinski definition) is 5. The van der Waals surface area contributed by atoms with Gasteiger partial charge in [0.25, 0.3) is 5.69 Å². The first-order valence-corrected chi connectivity index (χ1v) is 5.82. The minimum Gasteiger partial charge on any atom is -0.465 e. The number of benzene rings is 1. The number of pyridine rings is 1. The van der Waals surface area contributed by atoms with Gasteiger partial charge in [0.15, 0.2) is 0 Å². The van der Waals surface area contributed by atoms with E-state index >= 15 is 0 Å². The number of aromatic nitrogens is 1. The highest BCUT2D eigenvalue weighted by Crippen LogP contribution is 2.26. The molecule has 2 rings (SSSR count). The van der Waals surface area contributed by atoms with E-state index in [0.29, 0.717) is 16.8 Å². The first kappa shape index (κ1) is 13.7. The maximum atomic E-state index is 11.3. The maximum Gasteiger partial charge on any atom is 0.337 e. The molecule has 1 aromatic heterocycles. The Labute approximate surface area is 115 Å². The molecule has 0 atom stereocenters. The van der Waals surface area contributed by atoms with E-state index in [4.69, 9.17) is 0 Å². The summed E-state index contributed by atoms with van der Waals surface area (Å²) in [5, 5.41) is 10.8. The van der Waals surface area contributed by atoms with Crippen LogP contribution in [0.25, 0.3) is 11.1 Å². The Morgan fingerprint density at radius 1 is 1.30 bits per heavy atom. The summed E-state index contributed by atoms with van der Waals surface area (Å²) >= 11 is 0. The molecule has 1 aromatic carbocycles. The van der Waals surface area contributed by atoms with Crippen LogP contribution < -0.4 is 0 Å². The molecular weight excluding hydrogens is 260 g/mol. The number of nitrogens with zero attached hydrogens (tertiary/aromatic N) is 2. The molecule has 1 heterocycles. The van der Waals surface area contributed by atoms with Crippen LogP contribution in [0.2, 0.25) is 0 Å². The summed E-state index contributed by atoms with van der Waals surface area (Å²) in [6.07, 6.45) is 1.22. The molecular formula is C14H12N2O4. The summed E-state index contributed by atoms with van der Waals surface area (Å²) in [4.78, 5) is 25.7. The van der Waals surface area contributed by atoms with Crippen LogP contribution in [-0.4, -0.2) is 23.0 Å². The van der Waals surface area contributed by atoms with Crippen LogP contribution in [0.1, 0.15) is 16.1 Å². The fraction of sp³-hybridized carbons (Fsp3) is 0.143. The van der Waals surface area contributed by atoms with E-state index in [9.17, 15) is 14.9 Å². The molecule has 20 heavy (non-hydrogen) atoms. The third-order valence-electron chi connectivity index (χ3n) is 2.90. The van der Waals surface area contributed by atoms with Crippen molar-refractivity contribution in [1.29, 1.82) is 0 Å². The van der Waals surface area contributed by atoms with Crippen molar-refractivity contribution >= 4 is 11.7 Å². The molecule has 0 aliphatic carbocycles. The zero-order valence-corrected chi connectivity index (χ0v) is 11.0. The van der Waals surface area contributed by atoms with Crippen molar-refractivity contribution in [3.05, 3.63) is 57.9 Å². The second-order valence-electron chi connectivity index (χ2n) is 4.15. The lowest BCUT2D eigenvalue weighted by atomic mass is 10.0. The highest BCUT2D eigenvalue weighted by molar-refractivity contribution is 5.90. The van der Waals surface area contributed by atoms with E-state index in [1.54, 1.807) is 31.2 Å². The Hall–Kier alpha value is -2.76. The molecule has 0 aliphatic rings. The minimum absolute atomic E-state index is 0.0670. The van der Waals surface area contributed by atoms with Gasteiger partial charge in [0.1, 0.15) is 6.20 Å². The van der Waals surface area contributed by atoms with Crippen LogP contribution in [0, 0.1) is 17.0 Å². The average Bonchev–Trinajstić information content (AvgIpc) is 2.47. The van der Waals surface area contributed by atoms with Gasteiger partial charge in [-0.15, -0.1) is 0 Å². The molecule has 6 heteroatoms. The molecule has 0 fully saturated rings. The summed E-state index contributed by atoms with van der Waals surface area (Å²) < 4.78 is 4.62. The molecule has 2 aromatic rings. The van der Waals surface area contributed by atoms with Crippen molar-refractivity contribution < 1.29 is 14.5 Å². The Morgan fingerprint density at radius 2 is 1.95 bits per heavy atom. The zero-order valence-electron chi connectivity index (χ0n) is 11.0. The fourth-order valence-corrected chi connectivity index (χ4v) is 1.82. The van der Waals surface area contributed by atoms with Crippen molar-refractivity contribution in [2.75, 3.05) is 7.11 Å². The second-order valence-corrected chi connectivity index (χ2v) is 4.15. The van der Waals surface area contributed by atoms with Crippen molar-refractivity contribution in [2.45, 2.75) is 6.92 Å². The Bertz CT molecular complexity index is 665. The van der Waals surface area contributed by atoms with E-state index in [0.717, 1.165) is 5.56 Å². The summed E-state index contributed by atoms with van der Waals surface area (Å²) in [7, 11) is 1.31. The first-order valence-electron chi connectivity index (χ1n) is 5.82. The number of esters is 1. The summed E-state index contributed by atoms with van der Waals surface area (Å²) in [6.45, 7) is 1.77. The highest BCUT2D eigenvalue weighted by Gasteiger charge is 2.12. The first-order chi connectivity index (χ1) is 9.52. The molecule has 0 aliphatic heterocycles. The van der Waals surface area contributed by atoms with Crippen LogP contribution in [0.15, 0.2) is 36.5 Å². The van der Waals surface area contributed by atoms with Crippen LogP contribution in [0.4, 0.5) is 5.69 Å². The van der Waals surface area contributed by atoms with Gasteiger partial charge in [-0.3, -0.25) is 15.1 Å². The Kier molecular flexibility index (Phi) is 3.74. The lowest BCUT2D eigenvalue weighted by Crippen LogP contribution is -2.00. The third kappa shape index (κ3) is 2.64. The van der Waals surface area contributed by atoms with E-state index in [1.807, 2.05) is 0 Å². The normalized spacial score (nSPS) is 10.1. The van der Waals surface area contributed by atoms with Gasteiger partial charge < -0.3 is 4.74 Å². The smallest absolute Gasteiger partial charge is 0.337 e. The third-order valence-corrected chi connectivity index (χ3v) is 2.90. The van der Waals surface area contributed by atoms with Crippen molar-refractivity contribution in [2.24, 2.45) is 0 Å².